The zero-order valence-electron chi connectivity index (χ0n) is 22.8. The summed E-state index contributed by atoms with van der Waals surface area (Å²) in [6, 6.07) is 8.91. The van der Waals surface area contributed by atoms with E-state index in [2.05, 4.69) is 15.0 Å². The summed E-state index contributed by atoms with van der Waals surface area (Å²) in [5, 5.41) is 13.3. The minimum Gasteiger partial charge on any atom is -0.481 e. The van der Waals surface area contributed by atoms with Gasteiger partial charge in [0.25, 0.3) is 5.56 Å². The average Bonchev–Trinajstić information content (AvgIpc) is 3.09. The maximum atomic E-state index is 14.1. The van der Waals surface area contributed by atoms with Gasteiger partial charge in [-0.15, -0.1) is 0 Å². The van der Waals surface area contributed by atoms with Crippen molar-refractivity contribution < 1.29 is 19.5 Å². The quantitative estimate of drug-likeness (QED) is 0.414. The molecular weight excluding hydrogens is 496 g/mol. The molecule has 39 heavy (non-hydrogen) atoms. The van der Waals surface area contributed by atoms with E-state index >= 15 is 0 Å². The highest BCUT2D eigenvalue weighted by Crippen LogP contribution is 2.44. The number of rotatable bonds is 7. The number of benzene rings is 1. The average molecular weight is 537 g/mol. The van der Waals surface area contributed by atoms with Crippen LogP contribution in [-0.4, -0.2) is 69.7 Å². The Morgan fingerprint density at radius 1 is 1.00 bits per heavy atom. The number of nitrogens with zero attached hydrogens (tertiary/aromatic N) is 4. The molecule has 9 nitrogen and oxygen atoms in total. The number of hydrogen-bond donors (Lipinski definition) is 1. The van der Waals surface area contributed by atoms with Crippen molar-refractivity contribution in [3.8, 4) is 0 Å². The molecular formula is C30H40N4O5. The largest absolute Gasteiger partial charge is 0.481 e. The molecule has 2 unspecified atom stereocenters. The van der Waals surface area contributed by atoms with Gasteiger partial charge in [-0.3, -0.25) is 14.5 Å². The Balaban J connectivity index is 1.34. The normalized spacial score (nSPS) is 31.6. The molecule has 2 saturated heterocycles. The molecule has 1 aromatic heterocycles. The van der Waals surface area contributed by atoms with Crippen molar-refractivity contribution in [1.29, 1.82) is 0 Å². The topological polar surface area (TPSA) is 106 Å². The van der Waals surface area contributed by atoms with Gasteiger partial charge in [-0.05, 0) is 56.1 Å². The lowest BCUT2D eigenvalue weighted by Crippen LogP contribution is -2.62. The second kappa shape index (κ2) is 11.4. The lowest BCUT2D eigenvalue weighted by atomic mass is 9.75. The second-order valence-electron chi connectivity index (χ2n) is 12.0. The number of morpholine rings is 1. The molecule has 2 aliphatic carbocycles. The molecule has 0 radical (unpaired) electrons. The van der Waals surface area contributed by atoms with Gasteiger partial charge in [-0.1, -0.05) is 43.0 Å². The van der Waals surface area contributed by atoms with Crippen LogP contribution in [0.3, 0.4) is 0 Å². The highest BCUT2D eigenvalue weighted by atomic mass is 16.6. The Morgan fingerprint density at radius 2 is 1.69 bits per heavy atom. The number of carbonyl (C=O) groups is 1. The fraction of sp³-hybridized carbons (Fsp3) is 0.667. The summed E-state index contributed by atoms with van der Waals surface area (Å²) >= 11 is 0. The van der Waals surface area contributed by atoms with Crippen LogP contribution < -0.4 is 5.56 Å². The minimum atomic E-state index is -0.956. The first-order chi connectivity index (χ1) is 19.0. The maximum absolute atomic E-state index is 14.1. The van der Waals surface area contributed by atoms with Crippen LogP contribution in [0, 0.1) is 11.8 Å². The zero-order chi connectivity index (χ0) is 26.9. The van der Waals surface area contributed by atoms with Crippen molar-refractivity contribution in [2.24, 2.45) is 17.0 Å². The standard InChI is InChI=1S/C30H40N4O5/c1-38-32-26(10-11-28(35)36)29-30(37)34(27-9-5-4-8-25(27)31-29)22-15-23-17-39-18-24(16-22)33(23)21-13-19-6-2-3-7-20(12-19)14-21/h4-5,8-9,19-24H,2-3,6-7,10-18H2,1H3,(H,35,36)/t19?,20?,21?,22-,23-,24+. The summed E-state index contributed by atoms with van der Waals surface area (Å²) in [7, 11) is 1.40. The van der Waals surface area contributed by atoms with Crippen LogP contribution in [0.4, 0.5) is 0 Å². The molecule has 2 saturated carbocycles. The van der Waals surface area contributed by atoms with Gasteiger partial charge >= 0.3 is 5.97 Å². The van der Waals surface area contributed by atoms with E-state index in [0.29, 0.717) is 24.8 Å². The first-order valence-electron chi connectivity index (χ1n) is 14.7. The Morgan fingerprint density at radius 3 is 2.36 bits per heavy atom. The van der Waals surface area contributed by atoms with E-state index in [9.17, 15) is 14.7 Å². The number of para-hydroxylation sites is 2. The molecule has 3 heterocycles. The van der Waals surface area contributed by atoms with Crippen LogP contribution in [0.5, 0.6) is 0 Å². The van der Waals surface area contributed by atoms with E-state index in [0.717, 1.165) is 30.2 Å². The Bertz CT molecular complexity index is 1260. The predicted octanol–water partition coefficient (Wildman–Crippen LogP) is 4.38. The molecule has 9 heteroatoms. The zero-order valence-corrected chi connectivity index (χ0v) is 22.8. The number of oxime groups is 1. The third kappa shape index (κ3) is 5.35. The maximum Gasteiger partial charge on any atom is 0.303 e. The van der Waals surface area contributed by atoms with Crippen LogP contribution in [-0.2, 0) is 14.4 Å². The highest BCUT2D eigenvalue weighted by molar-refractivity contribution is 6.00. The smallest absolute Gasteiger partial charge is 0.303 e. The monoisotopic (exact) mass is 536 g/mol. The number of fused-ring (bicyclic) bond motifs is 5. The fourth-order valence-electron chi connectivity index (χ4n) is 8.08. The van der Waals surface area contributed by atoms with Crippen molar-refractivity contribution in [2.75, 3.05) is 20.3 Å². The first kappa shape index (κ1) is 26.4. The summed E-state index contributed by atoms with van der Waals surface area (Å²) in [5.41, 5.74) is 1.73. The molecule has 0 spiro atoms. The van der Waals surface area contributed by atoms with Crippen molar-refractivity contribution in [2.45, 2.75) is 94.8 Å². The molecule has 1 aromatic carbocycles. The van der Waals surface area contributed by atoms with Gasteiger partial charge in [0.2, 0.25) is 0 Å². The van der Waals surface area contributed by atoms with Gasteiger partial charge in [0.1, 0.15) is 12.8 Å². The summed E-state index contributed by atoms with van der Waals surface area (Å²) in [4.78, 5) is 37.8. The molecule has 4 aliphatic rings. The second-order valence-corrected chi connectivity index (χ2v) is 12.0. The van der Waals surface area contributed by atoms with Crippen LogP contribution in [0.1, 0.15) is 82.4 Å². The Labute approximate surface area is 229 Å². The van der Waals surface area contributed by atoms with Gasteiger partial charge in [-0.2, -0.15) is 0 Å². The van der Waals surface area contributed by atoms with Crippen molar-refractivity contribution >= 4 is 22.7 Å². The molecule has 1 N–H and O–H groups in total. The van der Waals surface area contributed by atoms with Gasteiger partial charge in [0.15, 0.2) is 5.69 Å². The summed E-state index contributed by atoms with van der Waals surface area (Å²) in [5.74, 6) is 0.756. The van der Waals surface area contributed by atoms with E-state index in [1.54, 1.807) is 0 Å². The number of aliphatic carboxylic acids is 1. The number of carboxylic acids is 1. The van der Waals surface area contributed by atoms with Gasteiger partial charge in [-0.25, -0.2) is 4.98 Å². The third-order valence-corrected chi connectivity index (χ3v) is 9.54. The lowest BCUT2D eigenvalue weighted by Gasteiger charge is -2.54. The van der Waals surface area contributed by atoms with E-state index in [1.807, 2.05) is 28.8 Å². The number of piperidine rings is 1. The van der Waals surface area contributed by atoms with Crippen LogP contribution in [0.25, 0.3) is 11.0 Å². The summed E-state index contributed by atoms with van der Waals surface area (Å²) in [6.45, 7) is 1.41. The minimum absolute atomic E-state index is 0.00781. The molecule has 6 rings (SSSR count). The van der Waals surface area contributed by atoms with E-state index in [1.165, 1.54) is 52.1 Å². The molecule has 5 atom stereocenters. The molecule has 4 fully saturated rings. The van der Waals surface area contributed by atoms with E-state index in [-0.39, 0.29) is 47.9 Å². The Kier molecular flexibility index (Phi) is 7.71. The number of aromatic nitrogens is 2. The van der Waals surface area contributed by atoms with Gasteiger partial charge in [0.05, 0.1) is 30.7 Å². The third-order valence-electron chi connectivity index (χ3n) is 9.54. The molecule has 4 bridgehead atoms. The summed E-state index contributed by atoms with van der Waals surface area (Å²) in [6.07, 6.45) is 11.2. The van der Waals surface area contributed by atoms with Crippen molar-refractivity contribution in [3.05, 3.63) is 40.3 Å². The molecule has 210 valence electrons. The Hall–Kier alpha value is -2.78. The molecule has 2 aromatic rings. The number of carboxylic acid groups (broad SMARTS) is 1. The van der Waals surface area contributed by atoms with Crippen LogP contribution >= 0.6 is 0 Å². The van der Waals surface area contributed by atoms with Gasteiger partial charge < -0.3 is 19.2 Å². The van der Waals surface area contributed by atoms with Crippen molar-refractivity contribution in [1.82, 2.24) is 14.5 Å². The van der Waals surface area contributed by atoms with Crippen LogP contribution in [0.2, 0.25) is 0 Å². The SMILES string of the molecule is CON=C(CCC(=O)O)c1nc2ccccc2n([C@H]2C[C@H]3COC[C@@H](C2)N3C2CC3CCCCC(C3)C2)c1=O. The number of ether oxygens (including phenoxy) is 1. The highest BCUT2D eigenvalue weighted by Gasteiger charge is 2.45. The van der Waals surface area contributed by atoms with Crippen molar-refractivity contribution in [3.63, 3.8) is 0 Å². The van der Waals surface area contributed by atoms with Crippen LogP contribution in [0.15, 0.2) is 34.2 Å². The van der Waals surface area contributed by atoms with Gasteiger partial charge in [0, 0.05) is 30.6 Å². The predicted molar refractivity (Wildman–Crippen MR) is 148 cm³/mol. The molecule has 2 aliphatic heterocycles. The fourth-order valence-corrected chi connectivity index (χ4v) is 8.08. The summed E-state index contributed by atoms with van der Waals surface area (Å²) < 4.78 is 8.00. The van der Waals surface area contributed by atoms with E-state index < -0.39 is 5.97 Å². The first-order valence-corrected chi connectivity index (χ1v) is 14.7. The molecule has 0 amide bonds. The lowest BCUT2D eigenvalue weighted by molar-refractivity contribution is -0.136. The number of hydrogen-bond acceptors (Lipinski definition) is 7. The van der Waals surface area contributed by atoms with E-state index in [4.69, 9.17) is 9.57 Å².